The molecule has 0 spiro atoms. The summed E-state index contributed by atoms with van der Waals surface area (Å²) < 4.78 is 8.89. The number of anilines is 1. The molecule has 1 N–H and O–H groups in total. The molecule has 0 aliphatic rings. The molecule has 0 radical (unpaired) electrons. The molecule has 0 aliphatic heterocycles. The molecule has 10 heteroatoms. The first-order valence-corrected chi connectivity index (χ1v) is 11.2. The van der Waals surface area contributed by atoms with E-state index in [1.807, 2.05) is 37.3 Å². The Bertz CT molecular complexity index is 1500. The van der Waals surface area contributed by atoms with Gasteiger partial charge in [-0.3, -0.25) is 23.4 Å². The molecule has 2 aromatic heterocycles. The van der Waals surface area contributed by atoms with Gasteiger partial charge < -0.3 is 10.1 Å². The van der Waals surface area contributed by atoms with Crippen molar-refractivity contribution >= 4 is 28.6 Å². The summed E-state index contributed by atoms with van der Waals surface area (Å²) in [7, 11) is 0. The lowest BCUT2D eigenvalue weighted by molar-refractivity contribution is -0.116. The SMILES string of the molecule is CCOC(=O)c1ccccc1NC(=O)Cn1c(=O)n(Cc2ccccc2)c(=O)c2nn(CC)cc21. The zero-order chi connectivity index (χ0) is 24.9. The Morgan fingerprint density at radius 1 is 0.971 bits per heavy atom. The van der Waals surface area contributed by atoms with Crippen molar-refractivity contribution in [3.63, 3.8) is 0 Å². The van der Waals surface area contributed by atoms with Crippen molar-refractivity contribution in [1.82, 2.24) is 18.9 Å². The van der Waals surface area contributed by atoms with Gasteiger partial charge >= 0.3 is 11.7 Å². The average Bonchev–Trinajstić information content (AvgIpc) is 3.30. The number of carbonyl (C=O) groups is 2. The molecule has 2 aromatic carbocycles. The van der Waals surface area contributed by atoms with Crippen LogP contribution in [0.1, 0.15) is 29.8 Å². The molecule has 10 nitrogen and oxygen atoms in total. The van der Waals surface area contributed by atoms with Crippen molar-refractivity contribution in [3.8, 4) is 0 Å². The van der Waals surface area contributed by atoms with Crippen LogP contribution in [0.25, 0.3) is 11.0 Å². The smallest absolute Gasteiger partial charge is 0.340 e. The van der Waals surface area contributed by atoms with E-state index in [0.29, 0.717) is 6.54 Å². The largest absolute Gasteiger partial charge is 0.462 e. The minimum absolute atomic E-state index is 0.0424. The van der Waals surface area contributed by atoms with Gasteiger partial charge in [0.1, 0.15) is 6.54 Å². The molecule has 0 saturated carbocycles. The number of benzene rings is 2. The zero-order valence-electron chi connectivity index (χ0n) is 19.4. The number of aromatic nitrogens is 4. The third kappa shape index (κ3) is 4.91. The van der Waals surface area contributed by atoms with E-state index >= 15 is 0 Å². The topological polar surface area (TPSA) is 117 Å². The van der Waals surface area contributed by atoms with E-state index in [4.69, 9.17) is 4.74 Å². The number of esters is 1. The van der Waals surface area contributed by atoms with Crippen LogP contribution in [0.2, 0.25) is 0 Å². The Morgan fingerprint density at radius 2 is 1.69 bits per heavy atom. The molecule has 1 amide bonds. The van der Waals surface area contributed by atoms with E-state index in [1.165, 1.54) is 4.57 Å². The Hall–Kier alpha value is -4.47. The first kappa shape index (κ1) is 23.7. The van der Waals surface area contributed by atoms with Crippen LogP contribution in [0.4, 0.5) is 5.69 Å². The maximum absolute atomic E-state index is 13.4. The normalized spacial score (nSPS) is 10.9. The first-order valence-electron chi connectivity index (χ1n) is 11.2. The first-order chi connectivity index (χ1) is 16.9. The highest BCUT2D eigenvalue weighted by Crippen LogP contribution is 2.17. The third-order valence-corrected chi connectivity index (χ3v) is 5.45. The predicted molar refractivity (Wildman–Crippen MR) is 130 cm³/mol. The van der Waals surface area contributed by atoms with Crippen molar-refractivity contribution in [3.05, 3.63) is 92.8 Å². The van der Waals surface area contributed by atoms with Gasteiger partial charge in [0.05, 0.1) is 29.9 Å². The maximum atomic E-state index is 13.4. The van der Waals surface area contributed by atoms with Gasteiger partial charge in [-0.25, -0.2) is 9.59 Å². The molecule has 35 heavy (non-hydrogen) atoms. The molecule has 0 fully saturated rings. The molecule has 0 atom stereocenters. The average molecular weight is 476 g/mol. The van der Waals surface area contributed by atoms with Crippen LogP contribution in [-0.4, -0.2) is 37.4 Å². The Balaban J connectivity index is 1.73. The van der Waals surface area contributed by atoms with Crippen LogP contribution in [0.5, 0.6) is 0 Å². The van der Waals surface area contributed by atoms with Crippen LogP contribution in [-0.2, 0) is 29.2 Å². The summed E-state index contributed by atoms with van der Waals surface area (Å²) in [6, 6.07) is 15.6. The van der Waals surface area contributed by atoms with E-state index in [9.17, 15) is 19.2 Å². The molecule has 180 valence electrons. The van der Waals surface area contributed by atoms with Crippen molar-refractivity contribution in [2.45, 2.75) is 33.5 Å². The highest BCUT2D eigenvalue weighted by atomic mass is 16.5. The molecule has 4 aromatic rings. The minimum Gasteiger partial charge on any atom is -0.462 e. The van der Waals surface area contributed by atoms with Crippen molar-refractivity contribution < 1.29 is 14.3 Å². The molecular weight excluding hydrogens is 450 g/mol. The Morgan fingerprint density at radius 3 is 2.40 bits per heavy atom. The summed E-state index contributed by atoms with van der Waals surface area (Å²) in [4.78, 5) is 51.8. The number of aryl methyl sites for hydroxylation is 1. The quantitative estimate of drug-likeness (QED) is 0.391. The molecular formula is C25H25N5O5. The molecule has 0 unspecified atom stereocenters. The number of rotatable bonds is 8. The fourth-order valence-corrected chi connectivity index (χ4v) is 3.76. The number of amides is 1. The van der Waals surface area contributed by atoms with E-state index in [0.717, 1.165) is 10.1 Å². The lowest BCUT2D eigenvalue weighted by Crippen LogP contribution is -2.42. The zero-order valence-corrected chi connectivity index (χ0v) is 19.4. The van der Waals surface area contributed by atoms with Crippen LogP contribution in [0.3, 0.4) is 0 Å². The summed E-state index contributed by atoms with van der Waals surface area (Å²) in [5.41, 5.74) is 0.443. The molecule has 2 heterocycles. The van der Waals surface area contributed by atoms with Gasteiger partial charge in [0.15, 0.2) is 5.52 Å². The lowest BCUT2D eigenvalue weighted by Gasteiger charge is -2.13. The standard InChI is InChI=1S/C25H25N5O5/c1-3-28-15-20-22(27-28)23(32)30(14-17-10-6-5-7-11-17)25(34)29(20)16-21(31)26-19-13-9-8-12-18(19)24(33)35-4-2/h5-13,15H,3-4,14,16H2,1-2H3,(H,26,31). The van der Waals surface area contributed by atoms with E-state index in [2.05, 4.69) is 10.4 Å². The second-order valence-corrected chi connectivity index (χ2v) is 7.78. The highest BCUT2D eigenvalue weighted by Gasteiger charge is 2.20. The second-order valence-electron chi connectivity index (χ2n) is 7.78. The molecule has 0 saturated heterocycles. The third-order valence-electron chi connectivity index (χ3n) is 5.45. The molecule has 0 bridgehead atoms. The van der Waals surface area contributed by atoms with Crippen LogP contribution < -0.4 is 16.6 Å². The lowest BCUT2D eigenvalue weighted by atomic mass is 10.2. The van der Waals surface area contributed by atoms with Gasteiger partial charge in [-0.05, 0) is 31.5 Å². The van der Waals surface area contributed by atoms with Gasteiger partial charge in [0.2, 0.25) is 5.91 Å². The minimum atomic E-state index is -0.629. The molecule has 4 rings (SSSR count). The Kier molecular flexibility index (Phi) is 6.91. The second kappa shape index (κ2) is 10.2. The van der Waals surface area contributed by atoms with Gasteiger partial charge in [-0.1, -0.05) is 42.5 Å². The summed E-state index contributed by atoms with van der Waals surface area (Å²) in [6.07, 6.45) is 1.57. The number of hydrogen-bond acceptors (Lipinski definition) is 6. The number of nitrogens with one attached hydrogen (secondary N) is 1. The van der Waals surface area contributed by atoms with Gasteiger partial charge in [-0.15, -0.1) is 0 Å². The fourth-order valence-electron chi connectivity index (χ4n) is 3.76. The summed E-state index contributed by atoms with van der Waals surface area (Å²) in [5, 5.41) is 7.00. The van der Waals surface area contributed by atoms with Crippen LogP contribution >= 0.6 is 0 Å². The summed E-state index contributed by atoms with van der Waals surface area (Å²) in [5.74, 6) is -1.11. The van der Waals surface area contributed by atoms with Crippen molar-refractivity contribution in [1.29, 1.82) is 0 Å². The number of nitrogens with zero attached hydrogens (tertiary/aromatic N) is 4. The summed E-state index contributed by atoms with van der Waals surface area (Å²) in [6.45, 7) is 3.89. The van der Waals surface area contributed by atoms with Gasteiger partial charge in [0.25, 0.3) is 5.56 Å². The van der Waals surface area contributed by atoms with Crippen LogP contribution in [0, 0.1) is 0 Å². The Labute approximate surface area is 200 Å². The number of ether oxygens (including phenoxy) is 1. The van der Waals surface area contributed by atoms with E-state index < -0.39 is 23.1 Å². The van der Waals surface area contributed by atoms with Crippen molar-refractivity contribution in [2.75, 3.05) is 11.9 Å². The van der Waals surface area contributed by atoms with Gasteiger partial charge in [-0.2, -0.15) is 5.10 Å². The monoisotopic (exact) mass is 475 g/mol. The highest BCUT2D eigenvalue weighted by molar-refractivity contribution is 6.01. The van der Waals surface area contributed by atoms with Crippen LogP contribution in [0.15, 0.2) is 70.4 Å². The predicted octanol–water partition coefficient (Wildman–Crippen LogP) is 2.24. The van der Waals surface area contributed by atoms with E-state index in [-0.39, 0.29) is 42.0 Å². The number of para-hydroxylation sites is 1. The fraction of sp³-hybridized carbons (Fsp3) is 0.240. The maximum Gasteiger partial charge on any atom is 0.340 e. The van der Waals surface area contributed by atoms with Crippen molar-refractivity contribution in [2.24, 2.45) is 0 Å². The number of fused-ring (bicyclic) bond motifs is 1. The number of hydrogen-bond donors (Lipinski definition) is 1. The number of carbonyl (C=O) groups excluding carboxylic acids is 2. The van der Waals surface area contributed by atoms with E-state index in [1.54, 1.807) is 42.1 Å². The molecule has 0 aliphatic carbocycles. The van der Waals surface area contributed by atoms with Gasteiger partial charge in [0, 0.05) is 12.7 Å². The summed E-state index contributed by atoms with van der Waals surface area (Å²) >= 11 is 0.